The molecule has 0 heterocycles. The first-order chi connectivity index (χ1) is 33.6. The molecule has 11 rings (SSSR count). The normalized spacial score (nSPS) is 13.1. The summed E-state index contributed by atoms with van der Waals surface area (Å²) in [6.45, 7) is 0. The van der Waals surface area contributed by atoms with Crippen molar-refractivity contribution in [3.63, 3.8) is 0 Å². The van der Waals surface area contributed by atoms with Gasteiger partial charge in [0.25, 0.3) is 0 Å². The lowest BCUT2D eigenvalue weighted by atomic mass is 9.95. The highest BCUT2D eigenvalue weighted by molar-refractivity contribution is 5.99. The molecular weight excluding hydrogens is 735 g/mol. The van der Waals surface area contributed by atoms with Crippen LogP contribution in [0.4, 0.5) is 17.1 Å². The Kier molecular flexibility index (Phi) is 7.29. The van der Waals surface area contributed by atoms with Gasteiger partial charge in [-0.25, -0.2) is 0 Å². The number of anilines is 3. The van der Waals surface area contributed by atoms with Crippen molar-refractivity contribution in [1.82, 2.24) is 0 Å². The van der Waals surface area contributed by atoms with E-state index in [1.54, 1.807) is 24.3 Å². The van der Waals surface area contributed by atoms with Crippen molar-refractivity contribution in [1.29, 1.82) is 0 Å². The summed E-state index contributed by atoms with van der Waals surface area (Å²) in [5.74, 6) is 0. The smallest absolute Gasteiger partial charge is 0.0645 e. The molecule has 0 aliphatic heterocycles. The summed E-state index contributed by atoms with van der Waals surface area (Å²) in [7, 11) is 0. The van der Waals surface area contributed by atoms with Gasteiger partial charge in [0.15, 0.2) is 0 Å². The molecule has 286 valence electrons. The summed E-state index contributed by atoms with van der Waals surface area (Å²) in [6.07, 6.45) is 0. The minimum atomic E-state index is -0.398. The van der Waals surface area contributed by atoms with Crippen LogP contribution in [0.2, 0.25) is 0 Å². The van der Waals surface area contributed by atoms with Crippen molar-refractivity contribution in [3.05, 3.63) is 249 Å². The molecule has 0 fully saturated rings. The highest BCUT2D eigenvalue weighted by Crippen LogP contribution is 2.40. The molecule has 1 nitrogen and oxygen atoms in total. The summed E-state index contributed by atoms with van der Waals surface area (Å²) < 4.78 is 76.6. The third-order valence-corrected chi connectivity index (χ3v) is 11.4. The lowest BCUT2D eigenvalue weighted by Gasteiger charge is -2.26. The topological polar surface area (TPSA) is 3.24 Å². The molecule has 0 aliphatic carbocycles. The number of hydrogen-bond donors (Lipinski definition) is 0. The average molecular weight is 784 g/mol. The Morgan fingerprint density at radius 2 is 0.623 bits per heavy atom. The second-order valence-corrected chi connectivity index (χ2v) is 15.1. The molecule has 0 radical (unpaired) electrons. The van der Waals surface area contributed by atoms with E-state index in [1.807, 2.05) is 121 Å². The molecule has 61 heavy (non-hydrogen) atoms. The summed E-state index contributed by atoms with van der Waals surface area (Å²) >= 11 is 0. The van der Waals surface area contributed by atoms with Gasteiger partial charge in [0.05, 0.1) is 11.0 Å². The van der Waals surface area contributed by atoms with Crippen molar-refractivity contribution in [2.75, 3.05) is 4.90 Å². The van der Waals surface area contributed by atoms with Crippen LogP contribution >= 0.6 is 0 Å². The van der Waals surface area contributed by atoms with Crippen LogP contribution in [-0.4, -0.2) is 0 Å². The van der Waals surface area contributed by atoms with E-state index >= 15 is 0 Å². The summed E-state index contributed by atoms with van der Waals surface area (Å²) in [4.78, 5) is 1.36. The first-order valence-corrected chi connectivity index (χ1v) is 20.3. The minimum Gasteiger partial charge on any atom is -0.311 e. The van der Waals surface area contributed by atoms with Gasteiger partial charge in [0, 0.05) is 17.1 Å². The Morgan fingerprint density at radius 3 is 1.15 bits per heavy atom. The molecule has 0 amide bonds. The van der Waals surface area contributed by atoms with Gasteiger partial charge in [-0.05, 0) is 130 Å². The average Bonchev–Trinajstić information content (AvgIpc) is 3.39. The zero-order valence-electron chi connectivity index (χ0n) is 41.0. The summed E-state index contributed by atoms with van der Waals surface area (Å²) in [5, 5.41) is 6.08. The second-order valence-electron chi connectivity index (χ2n) is 15.1. The van der Waals surface area contributed by atoms with Gasteiger partial charge in [0.1, 0.15) is 0 Å². The summed E-state index contributed by atoms with van der Waals surface area (Å²) in [6, 6.07) is 62.0. The van der Waals surface area contributed by atoms with Crippen molar-refractivity contribution in [2.45, 2.75) is 0 Å². The number of fused-ring (bicyclic) bond motifs is 3. The maximum atomic E-state index is 9.66. The van der Waals surface area contributed by atoms with E-state index in [0.29, 0.717) is 16.8 Å². The predicted molar refractivity (Wildman–Crippen MR) is 261 cm³/mol. The van der Waals surface area contributed by atoms with Crippen LogP contribution in [0, 0.1) is 0 Å². The monoisotopic (exact) mass is 783 g/mol. The fraction of sp³-hybridized carbons (Fsp3) is 0. The van der Waals surface area contributed by atoms with Crippen LogP contribution in [0.5, 0.6) is 0 Å². The van der Waals surface area contributed by atoms with E-state index in [2.05, 4.69) is 54.6 Å². The van der Waals surface area contributed by atoms with E-state index in [-0.39, 0.29) is 46.7 Å². The zero-order chi connectivity index (χ0) is 47.5. The van der Waals surface area contributed by atoms with E-state index in [0.717, 1.165) is 65.7 Å². The Balaban J connectivity index is 1.06. The van der Waals surface area contributed by atoms with Crippen LogP contribution in [0.1, 0.15) is 11.0 Å². The Bertz CT molecular complexity index is 3750. The fourth-order valence-corrected chi connectivity index (χ4v) is 8.37. The highest BCUT2D eigenvalue weighted by Gasteiger charge is 2.15. The molecular formula is C60H41N. The van der Waals surface area contributed by atoms with Gasteiger partial charge in [-0.1, -0.05) is 206 Å². The SMILES string of the molecule is [2H]c1c([2H])c(N(c2ccc(-c3ccc(-c4cccc5ccccc45)cc3)cc2)c2c([2H])c([2H])c(-c3cccc4ccccc34)c([2H])c2[2H])c([2H])c([2H])c1-c1cccc(-c2cccc3ccccc23)c1. The molecule has 0 spiro atoms. The van der Waals surface area contributed by atoms with Crippen LogP contribution in [0.25, 0.3) is 88.0 Å². The van der Waals surface area contributed by atoms with Gasteiger partial charge >= 0.3 is 0 Å². The molecule has 0 N–H and O–H groups in total. The molecule has 0 bridgehead atoms. The largest absolute Gasteiger partial charge is 0.311 e. The van der Waals surface area contributed by atoms with E-state index in [1.165, 1.54) is 4.90 Å². The number of rotatable bonds is 8. The van der Waals surface area contributed by atoms with Crippen LogP contribution < -0.4 is 4.90 Å². The van der Waals surface area contributed by atoms with Gasteiger partial charge in [-0.15, -0.1) is 0 Å². The van der Waals surface area contributed by atoms with E-state index < -0.39 is 24.2 Å². The molecule has 1 heteroatoms. The molecule has 0 atom stereocenters. The first kappa shape index (κ1) is 28.4. The van der Waals surface area contributed by atoms with Crippen LogP contribution in [0.3, 0.4) is 0 Å². The van der Waals surface area contributed by atoms with Crippen LogP contribution in [-0.2, 0) is 0 Å². The molecule has 0 aromatic heterocycles. The number of nitrogens with zero attached hydrogens (tertiary/aromatic N) is 1. The van der Waals surface area contributed by atoms with Gasteiger partial charge in [-0.3, -0.25) is 0 Å². The van der Waals surface area contributed by atoms with Crippen molar-refractivity contribution >= 4 is 49.4 Å². The number of hydrogen-bond acceptors (Lipinski definition) is 1. The lowest BCUT2D eigenvalue weighted by molar-refractivity contribution is 1.28. The van der Waals surface area contributed by atoms with Gasteiger partial charge in [0.2, 0.25) is 0 Å². The highest BCUT2D eigenvalue weighted by atomic mass is 15.1. The Morgan fingerprint density at radius 1 is 0.246 bits per heavy atom. The number of benzene rings is 11. The van der Waals surface area contributed by atoms with E-state index in [4.69, 9.17) is 0 Å². The quantitative estimate of drug-likeness (QED) is 0.148. The molecule has 0 aliphatic rings. The van der Waals surface area contributed by atoms with Crippen molar-refractivity contribution < 1.29 is 11.0 Å². The maximum Gasteiger partial charge on any atom is 0.0645 e. The molecule has 11 aromatic rings. The Labute approximate surface area is 368 Å². The van der Waals surface area contributed by atoms with Crippen LogP contribution in [0.15, 0.2) is 249 Å². The summed E-state index contributed by atoms with van der Waals surface area (Å²) in [5.41, 5.74) is 6.98. The standard InChI is InChI=1S/C60H41N/c1-4-19-55-45(11-1)14-8-22-58(55)48-27-25-42(26-28-48)43-29-35-52(36-30-43)61(54-39-33-49(34-40-54)59-23-9-15-46-12-2-5-20-56(46)59)53-37-31-44(32-38-53)50-17-7-18-51(41-50)60-24-10-16-47-13-3-6-21-57(47)60/h1-41H/i31D,32D,33D,34D,37D,38D,39D,40D. The maximum absolute atomic E-state index is 9.66. The third kappa shape index (κ3) is 6.93. The predicted octanol–water partition coefficient (Wildman–Crippen LogP) is 17.0. The second kappa shape index (κ2) is 15.6. The molecule has 0 unspecified atom stereocenters. The molecule has 0 saturated heterocycles. The molecule has 11 aromatic carbocycles. The van der Waals surface area contributed by atoms with Crippen molar-refractivity contribution in [3.8, 4) is 55.6 Å². The lowest BCUT2D eigenvalue weighted by Crippen LogP contribution is -2.09. The van der Waals surface area contributed by atoms with Gasteiger partial charge < -0.3 is 4.90 Å². The third-order valence-electron chi connectivity index (χ3n) is 11.4. The fourth-order valence-electron chi connectivity index (χ4n) is 8.37. The Hall–Kier alpha value is -8.00. The van der Waals surface area contributed by atoms with Crippen molar-refractivity contribution in [2.24, 2.45) is 0 Å². The van der Waals surface area contributed by atoms with Gasteiger partial charge in [-0.2, -0.15) is 0 Å². The van der Waals surface area contributed by atoms with E-state index in [9.17, 15) is 11.0 Å². The first-order valence-electron chi connectivity index (χ1n) is 24.3. The zero-order valence-corrected chi connectivity index (χ0v) is 33.0. The molecule has 0 saturated carbocycles. The minimum absolute atomic E-state index is 0.101.